The first-order valence-electron chi connectivity index (χ1n) is 8.68. The van der Waals surface area contributed by atoms with Crippen LogP contribution < -0.4 is 0 Å². The summed E-state index contributed by atoms with van der Waals surface area (Å²) in [7, 11) is -2.08. The van der Waals surface area contributed by atoms with E-state index in [1.54, 1.807) is 6.92 Å². The molecule has 0 aromatic rings. The molecule has 148 valence electrons. The lowest BCUT2D eigenvalue weighted by Crippen LogP contribution is -2.47. The van der Waals surface area contributed by atoms with Crippen molar-refractivity contribution in [2.24, 2.45) is 0 Å². The van der Waals surface area contributed by atoms with Gasteiger partial charge in [0.2, 0.25) is 0 Å². The molecule has 0 aromatic heterocycles. The van der Waals surface area contributed by atoms with Gasteiger partial charge in [-0.3, -0.25) is 4.79 Å². The van der Waals surface area contributed by atoms with Gasteiger partial charge in [0.15, 0.2) is 14.4 Å². The molecule has 0 heterocycles. The van der Waals surface area contributed by atoms with E-state index in [4.69, 9.17) is 20.8 Å². The Balaban J connectivity index is 5.01. The number of rotatable bonds is 11. The average Bonchev–Trinajstić information content (AvgIpc) is 2.45. The largest absolute Gasteiger partial charge is 0.463 e. The lowest BCUT2D eigenvalue weighted by Gasteiger charge is -2.39. The molecular weight excluding hydrogens is 367 g/mol. The van der Waals surface area contributed by atoms with Crippen molar-refractivity contribution in [3.63, 3.8) is 0 Å². The Morgan fingerprint density at radius 2 is 1.80 bits per heavy atom. The van der Waals surface area contributed by atoms with E-state index < -0.39 is 31.5 Å². The Hall–Kier alpha value is -0.663. The molecule has 0 aliphatic heterocycles. The van der Waals surface area contributed by atoms with Gasteiger partial charge in [0.05, 0.1) is 6.61 Å². The zero-order valence-corrected chi connectivity index (χ0v) is 18.2. The highest BCUT2D eigenvalue weighted by Crippen LogP contribution is 2.42. The second-order valence-corrected chi connectivity index (χ2v) is 12.4. The molecule has 2 atom stereocenters. The number of ether oxygens (including phenoxy) is 2. The maximum atomic E-state index is 14.6. The molecule has 25 heavy (non-hydrogen) atoms. The van der Waals surface area contributed by atoms with Gasteiger partial charge in [-0.25, -0.2) is 9.18 Å². The van der Waals surface area contributed by atoms with Crippen LogP contribution in [0.15, 0.2) is 0 Å². The third-order valence-corrected chi connectivity index (χ3v) is 9.44. The summed E-state index contributed by atoms with van der Waals surface area (Å²) in [6.45, 7) is 13.4. The van der Waals surface area contributed by atoms with Crippen molar-refractivity contribution in [1.29, 1.82) is 0 Å². The molecule has 0 aromatic carbocycles. The molecule has 0 radical (unpaired) electrons. The molecule has 0 saturated carbocycles. The summed E-state index contributed by atoms with van der Waals surface area (Å²) in [6.07, 6.45) is 0.563. The molecule has 0 amide bonds. The number of alkyl halides is 2. The SMILES string of the molecule is CCCC(C)(C)[Si](C)(C)OCCC(OC(C)=O)C(F)(Cl)C(=O)OCC. The van der Waals surface area contributed by atoms with Crippen LogP contribution in [0.25, 0.3) is 0 Å². The van der Waals surface area contributed by atoms with Crippen molar-refractivity contribution in [2.75, 3.05) is 13.2 Å². The molecule has 8 heteroatoms. The molecule has 0 spiro atoms. The Labute approximate surface area is 156 Å². The van der Waals surface area contributed by atoms with E-state index in [0.29, 0.717) is 0 Å². The van der Waals surface area contributed by atoms with Crippen LogP contribution in [0, 0.1) is 0 Å². The minimum atomic E-state index is -2.93. The van der Waals surface area contributed by atoms with Crippen molar-refractivity contribution in [2.45, 2.75) is 83.2 Å². The van der Waals surface area contributed by atoms with Gasteiger partial charge in [-0.2, -0.15) is 0 Å². The Morgan fingerprint density at radius 3 is 2.24 bits per heavy atom. The van der Waals surface area contributed by atoms with E-state index in [2.05, 4.69) is 38.6 Å². The molecule has 2 unspecified atom stereocenters. The standard InChI is InChI=1S/C17H32ClFO5Si/c1-8-11-16(4,5)25(6,7)23-12-10-14(24-13(3)20)17(18,19)15(21)22-9-2/h14H,8-12H2,1-7H3. The highest BCUT2D eigenvalue weighted by Gasteiger charge is 2.49. The van der Waals surface area contributed by atoms with Crippen molar-refractivity contribution in [3.8, 4) is 0 Å². The van der Waals surface area contributed by atoms with Crippen molar-refractivity contribution < 1.29 is 27.9 Å². The molecule has 0 bridgehead atoms. The zero-order chi connectivity index (χ0) is 19.9. The van der Waals surface area contributed by atoms with E-state index >= 15 is 0 Å². The summed E-state index contributed by atoms with van der Waals surface area (Å²) < 4.78 is 30.3. The average molecular weight is 399 g/mol. The van der Waals surface area contributed by atoms with Crippen LogP contribution >= 0.6 is 11.6 Å². The number of halogens is 2. The van der Waals surface area contributed by atoms with Crippen LogP contribution in [0.5, 0.6) is 0 Å². The second kappa shape index (κ2) is 9.88. The number of esters is 2. The Bertz CT molecular complexity index is 454. The van der Waals surface area contributed by atoms with Crippen LogP contribution in [-0.4, -0.2) is 44.7 Å². The van der Waals surface area contributed by atoms with Crippen LogP contribution in [0.3, 0.4) is 0 Å². The van der Waals surface area contributed by atoms with Gasteiger partial charge >= 0.3 is 17.1 Å². The first-order chi connectivity index (χ1) is 11.3. The summed E-state index contributed by atoms with van der Waals surface area (Å²) in [5.74, 6) is -1.98. The maximum absolute atomic E-state index is 14.6. The lowest BCUT2D eigenvalue weighted by atomic mass is 10.1. The van der Waals surface area contributed by atoms with Crippen LogP contribution in [0.1, 0.15) is 53.9 Å². The molecule has 0 N–H and O–H groups in total. The quantitative estimate of drug-likeness (QED) is 0.289. The first kappa shape index (κ1) is 24.3. The fourth-order valence-electron chi connectivity index (χ4n) is 2.42. The molecular formula is C17H32ClFO5Si. The fourth-order valence-corrected chi connectivity index (χ4v) is 4.49. The first-order valence-corrected chi connectivity index (χ1v) is 12.0. The van der Waals surface area contributed by atoms with Gasteiger partial charge in [0.25, 0.3) is 0 Å². The molecule has 5 nitrogen and oxygen atoms in total. The van der Waals surface area contributed by atoms with Gasteiger partial charge in [0, 0.05) is 20.0 Å². The number of hydrogen-bond acceptors (Lipinski definition) is 5. The van der Waals surface area contributed by atoms with Crippen LogP contribution in [0.2, 0.25) is 18.1 Å². The lowest BCUT2D eigenvalue weighted by molar-refractivity contribution is -0.167. The van der Waals surface area contributed by atoms with E-state index in [9.17, 15) is 14.0 Å². The number of carbonyl (C=O) groups excluding carboxylic acids is 2. The highest BCUT2D eigenvalue weighted by atomic mass is 35.5. The van der Waals surface area contributed by atoms with Crippen LogP contribution in [-0.2, 0) is 23.5 Å². The van der Waals surface area contributed by atoms with Crippen molar-refractivity contribution >= 4 is 31.9 Å². The molecule has 0 saturated heterocycles. The molecule has 0 rings (SSSR count). The van der Waals surface area contributed by atoms with E-state index in [1.165, 1.54) is 0 Å². The van der Waals surface area contributed by atoms with Crippen LogP contribution in [0.4, 0.5) is 4.39 Å². The number of hydrogen-bond donors (Lipinski definition) is 0. The van der Waals surface area contributed by atoms with Gasteiger partial charge < -0.3 is 13.9 Å². The maximum Gasteiger partial charge on any atom is 0.363 e. The van der Waals surface area contributed by atoms with Gasteiger partial charge in [-0.05, 0) is 31.5 Å². The van der Waals surface area contributed by atoms with Crippen molar-refractivity contribution in [1.82, 2.24) is 0 Å². The topological polar surface area (TPSA) is 61.8 Å². The predicted molar refractivity (Wildman–Crippen MR) is 98.9 cm³/mol. The Kier molecular flexibility index (Phi) is 9.61. The predicted octanol–water partition coefficient (Wildman–Crippen LogP) is 4.58. The molecule has 0 aliphatic carbocycles. The normalized spacial score (nSPS) is 16.0. The summed E-state index contributed by atoms with van der Waals surface area (Å²) >= 11 is 5.70. The third-order valence-electron chi connectivity index (χ3n) is 4.61. The number of carbonyl (C=O) groups is 2. The minimum Gasteiger partial charge on any atom is -0.463 e. The minimum absolute atomic E-state index is 0.0222. The molecule has 0 aliphatic rings. The van der Waals surface area contributed by atoms with Gasteiger partial charge in [-0.15, -0.1) is 0 Å². The fraction of sp³-hybridized carbons (Fsp3) is 0.882. The summed E-state index contributed by atoms with van der Waals surface area (Å²) in [5.41, 5.74) is 0. The highest BCUT2D eigenvalue weighted by molar-refractivity contribution is 6.74. The summed E-state index contributed by atoms with van der Waals surface area (Å²) in [5, 5.41) is -2.90. The smallest absolute Gasteiger partial charge is 0.363 e. The van der Waals surface area contributed by atoms with Gasteiger partial charge in [0.1, 0.15) is 0 Å². The summed E-state index contributed by atoms with van der Waals surface area (Å²) in [4.78, 5) is 23.0. The third kappa shape index (κ3) is 7.23. The van der Waals surface area contributed by atoms with E-state index in [-0.39, 0.29) is 24.7 Å². The van der Waals surface area contributed by atoms with E-state index in [0.717, 1.165) is 19.8 Å². The second-order valence-electron chi connectivity index (χ2n) is 7.22. The van der Waals surface area contributed by atoms with Crippen molar-refractivity contribution in [3.05, 3.63) is 0 Å². The summed E-state index contributed by atoms with van der Waals surface area (Å²) in [6, 6.07) is 0. The van der Waals surface area contributed by atoms with Gasteiger partial charge in [-0.1, -0.05) is 38.8 Å². The van der Waals surface area contributed by atoms with E-state index in [1.807, 2.05) is 0 Å². The zero-order valence-electron chi connectivity index (χ0n) is 16.4. The molecule has 0 fully saturated rings. The Morgan fingerprint density at radius 1 is 1.24 bits per heavy atom. The monoisotopic (exact) mass is 398 g/mol.